The lowest BCUT2D eigenvalue weighted by molar-refractivity contribution is -0.149. The van der Waals surface area contributed by atoms with Crippen LogP contribution < -0.4 is 10.6 Å². The highest BCUT2D eigenvalue weighted by Gasteiger charge is 2.53. The summed E-state index contributed by atoms with van der Waals surface area (Å²) in [4.78, 5) is 70.0. The molecule has 0 radical (unpaired) electrons. The van der Waals surface area contributed by atoms with Gasteiger partial charge in [-0.15, -0.1) is 0 Å². The number of ether oxygens (including phenoxy) is 2. The third kappa shape index (κ3) is 8.10. The number of nitrogens with one attached hydrogen (secondary N) is 4. The van der Waals surface area contributed by atoms with Crippen LogP contribution in [-0.2, 0) is 23.9 Å². The molecule has 7 atom stereocenters. The number of benzene rings is 2. The number of hydrogen-bond donors (Lipinski definition) is 4. The van der Waals surface area contributed by atoms with E-state index in [4.69, 9.17) is 14.5 Å². The van der Waals surface area contributed by atoms with Crippen LogP contribution in [0.25, 0.3) is 33.6 Å². The molecule has 3 heterocycles. The van der Waals surface area contributed by atoms with Crippen LogP contribution in [0.3, 0.4) is 0 Å². The molecule has 0 unspecified atom stereocenters. The highest BCUT2D eigenvalue weighted by molar-refractivity contribution is 5.89. The van der Waals surface area contributed by atoms with Crippen molar-refractivity contribution in [3.05, 3.63) is 84.7 Å². The van der Waals surface area contributed by atoms with Gasteiger partial charge in [0.25, 0.3) is 0 Å². The monoisotopic (exact) mass is 775 g/mol. The fraction of sp³-hybridized carbons (Fsp3) is 0.455. The van der Waals surface area contributed by atoms with Gasteiger partial charge in [0.2, 0.25) is 11.8 Å². The normalized spacial score (nSPS) is 22.3. The van der Waals surface area contributed by atoms with Crippen molar-refractivity contribution in [2.24, 2.45) is 23.7 Å². The van der Waals surface area contributed by atoms with Crippen molar-refractivity contribution in [1.82, 2.24) is 35.5 Å². The molecule has 1 aliphatic heterocycles. The molecule has 0 spiro atoms. The zero-order chi connectivity index (χ0) is 40.4. The Hall–Kier alpha value is -5.72. The first-order chi connectivity index (χ1) is 27.5. The number of methoxy groups -OCH3 is 1. The topological polar surface area (TPSA) is 171 Å². The van der Waals surface area contributed by atoms with E-state index in [1.807, 2.05) is 20.0 Å². The highest BCUT2D eigenvalue weighted by Crippen LogP contribution is 2.56. The molecular formula is C44H53N7O6. The van der Waals surface area contributed by atoms with E-state index in [9.17, 15) is 19.2 Å². The predicted octanol–water partition coefficient (Wildman–Crippen LogP) is 6.93. The average Bonchev–Trinajstić information content (AvgIpc) is 4.07. The highest BCUT2D eigenvalue weighted by atomic mass is 16.5. The van der Waals surface area contributed by atoms with E-state index in [1.54, 1.807) is 24.9 Å². The zero-order valence-corrected chi connectivity index (χ0v) is 33.3. The quantitative estimate of drug-likeness (QED) is 0.0837. The van der Waals surface area contributed by atoms with Crippen molar-refractivity contribution >= 4 is 23.9 Å². The smallest absolute Gasteiger partial charge is 0.407 e. The molecule has 2 aliphatic carbocycles. The molecule has 13 nitrogen and oxygen atoms in total. The maximum Gasteiger partial charge on any atom is 0.407 e. The second-order valence-corrected chi connectivity index (χ2v) is 16.0. The Bertz CT molecular complexity index is 2100. The van der Waals surface area contributed by atoms with E-state index >= 15 is 0 Å². The number of amides is 3. The molecular weight excluding hydrogens is 723 g/mol. The number of nitrogens with zero attached hydrogens (tertiary/aromatic N) is 3. The molecule has 300 valence electrons. The minimum absolute atomic E-state index is 0.0277. The number of aromatic amines is 2. The van der Waals surface area contributed by atoms with E-state index in [1.165, 1.54) is 7.11 Å². The first-order valence-corrected chi connectivity index (χ1v) is 20.1. The molecule has 2 bridgehead atoms. The molecule has 2 aromatic heterocycles. The Labute approximate surface area is 333 Å². The number of carbonyl (C=O) groups excluding carboxylic acids is 4. The average molecular weight is 776 g/mol. The Morgan fingerprint density at radius 3 is 2.02 bits per heavy atom. The largest absolute Gasteiger partial charge is 0.464 e. The third-order valence-corrected chi connectivity index (χ3v) is 12.0. The number of fused-ring (bicyclic) bond motifs is 2. The van der Waals surface area contributed by atoms with Crippen molar-refractivity contribution < 1.29 is 28.7 Å². The molecule has 2 aromatic carbocycles. The van der Waals surface area contributed by atoms with Gasteiger partial charge < -0.3 is 35.0 Å². The van der Waals surface area contributed by atoms with Gasteiger partial charge in [-0.05, 0) is 91.5 Å². The van der Waals surface area contributed by atoms with Gasteiger partial charge in [-0.3, -0.25) is 9.59 Å². The van der Waals surface area contributed by atoms with Crippen LogP contribution in [0.5, 0.6) is 0 Å². The standard InChI is InChI=1S/C44H53N7O6/c1-7-57-43(54)38(25(4)5)49-41(52)36-31-19-18-30(21-31)35(36)40-46-23-33(48-40)29-16-12-27(13-17-29)26-10-14-28(15-11-26)32-22-45-39(47-32)34-9-8-20-51(34)42(53)37(24(2)3)50-44(55)56-6/h10-17,22-23,25,30-31,34-38H,2,7-9,18-21H2,1,3-6H3,(H,45,47)(H,46,48)(H,49,52)(H,50,55)/t30-,31+,34-,35+,36+,37-,38-/m0/s1. The van der Waals surface area contributed by atoms with Crippen molar-refractivity contribution in [1.29, 1.82) is 0 Å². The van der Waals surface area contributed by atoms with Crippen molar-refractivity contribution in [3.63, 3.8) is 0 Å². The van der Waals surface area contributed by atoms with Crippen LogP contribution in [-0.4, -0.2) is 81.1 Å². The summed E-state index contributed by atoms with van der Waals surface area (Å²) < 4.78 is 9.98. The molecule has 3 amide bonds. The van der Waals surface area contributed by atoms with Crippen molar-refractivity contribution in [3.8, 4) is 33.6 Å². The van der Waals surface area contributed by atoms with Gasteiger partial charge in [-0.25, -0.2) is 19.6 Å². The second-order valence-electron chi connectivity index (χ2n) is 16.0. The van der Waals surface area contributed by atoms with Gasteiger partial charge >= 0.3 is 12.1 Å². The minimum Gasteiger partial charge on any atom is -0.464 e. The summed E-state index contributed by atoms with van der Waals surface area (Å²) in [5, 5.41) is 5.64. The summed E-state index contributed by atoms with van der Waals surface area (Å²) in [7, 11) is 1.26. The summed E-state index contributed by atoms with van der Waals surface area (Å²) >= 11 is 0. The van der Waals surface area contributed by atoms with Crippen LogP contribution in [0.15, 0.2) is 73.1 Å². The number of likely N-dealkylation sites (tertiary alicyclic amines) is 1. The Morgan fingerprint density at radius 1 is 0.860 bits per heavy atom. The van der Waals surface area contributed by atoms with Gasteiger partial charge in [0, 0.05) is 12.5 Å². The molecule has 4 N–H and O–H groups in total. The third-order valence-electron chi connectivity index (χ3n) is 12.0. The SMILES string of the molecule is C=C(C)[C@H](NC(=O)OC)C(=O)N1CCC[C@H]1c1ncc(-c2ccc(-c3ccc(-c4cnc([C@@H]5[C@H]6CC[C@H](C6)[C@H]5C(=O)N[C@H](C(=O)OCC)C(C)C)[nH]4)cc3)cc2)[nH]1. The van der Waals surface area contributed by atoms with Crippen molar-refractivity contribution in [2.45, 2.75) is 83.8 Å². The minimum atomic E-state index is -0.880. The Kier molecular flexibility index (Phi) is 11.6. The summed E-state index contributed by atoms with van der Waals surface area (Å²) in [5.74, 6) is 1.11. The maximum absolute atomic E-state index is 13.8. The van der Waals surface area contributed by atoms with Gasteiger partial charge in [-0.2, -0.15) is 0 Å². The molecule has 57 heavy (non-hydrogen) atoms. The van der Waals surface area contributed by atoms with Gasteiger partial charge in [-0.1, -0.05) is 69.0 Å². The lowest BCUT2D eigenvalue weighted by Crippen LogP contribution is -2.49. The first-order valence-electron chi connectivity index (χ1n) is 20.1. The van der Waals surface area contributed by atoms with E-state index in [-0.39, 0.29) is 54.1 Å². The Morgan fingerprint density at radius 2 is 1.44 bits per heavy atom. The number of H-pyrrole nitrogens is 2. The summed E-state index contributed by atoms with van der Waals surface area (Å²) in [5.41, 5.74) is 6.36. The van der Waals surface area contributed by atoms with Crippen molar-refractivity contribution in [2.75, 3.05) is 20.3 Å². The van der Waals surface area contributed by atoms with Gasteiger partial charge in [0.1, 0.15) is 23.7 Å². The van der Waals surface area contributed by atoms with Gasteiger partial charge in [0.05, 0.1) is 49.5 Å². The summed E-state index contributed by atoms with van der Waals surface area (Å²) in [6, 6.07) is 14.8. The number of aromatic nitrogens is 4. The fourth-order valence-corrected chi connectivity index (χ4v) is 9.08. The van der Waals surface area contributed by atoms with Crippen LogP contribution in [0.1, 0.15) is 83.4 Å². The lowest BCUT2D eigenvalue weighted by atomic mass is 9.78. The van der Waals surface area contributed by atoms with Crippen LogP contribution in [0, 0.1) is 23.7 Å². The molecule has 13 heteroatoms. The Balaban J connectivity index is 1.01. The van der Waals surface area contributed by atoms with Gasteiger partial charge in [0.15, 0.2) is 0 Å². The fourth-order valence-electron chi connectivity index (χ4n) is 9.08. The number of esters is 1. The molecule has 1 saturated heterocycles. The number of carbonyl (C=O) groups is 4. The number of hydrogen-bond acceptors (Lipinski definition) is 8. The summed E-state index contributed by atoms with van der Waals surface area (Å²) in [6.07, 6.45) is 7.62. The predicted molar refractivity (Wildman–Crippen MR) is 215 cm³/mol. The van der Waals surface area contributed by atoms with E-state index in [0.29, 0.717) is 23.9 Å². The number of imidazole rings is 2. The van der Waals surface area contributed by atoms with Crippen LogP contribution >= 0.6 is 0 Å². The zero-order valence-electron chi connectivity index (χ0n) is 33.3. The number of rotatable bonds is 13. The summed E-state index contributed by atoms with van der Waals surface area (Å²) in [6.45, 7) is 12.1. The van der Waals surface area contributed by atoms with E-state index in [2.05, 4.69) is 80.7 Å². The van der Waals surface area contributed by atoms with E-state index < -0.39 is 18.2 Å². The molecule has 3 aliphatic rings. The van der Waals surface area contributed by atoms with E-state index in [0.717, 1.165) is 71.6 Å². The van der Waals surface area contributed by atoms with Crippen LogP contribution in [0.4, 0.5) is 4.79 Å². The van der Waals surface area contributed by atoms with Crippen LogP contribution in [0.2, 0.25) is 0 Å². The lowest BCUT2D eigenvalue weighted by Gasteiger charge is -2.31. The molecule has 4 aromatic rings. The molecule has 2 saturated carbocycles. The first kappa shape index (κ1) is 39.5. The second kappa shape index (κ2) is 16.8. The maximum atomic E-state index is 13.8. The number of alkyl carbamates (subject to hydrolysis) is 1. The molecule has 3 fully saturated rings. The molecule has 7 rings (SSSR count).